The maximum Gasteiger partial charge on any atom is 0.317 e. The molecule has 0 bridgehead atoms. The summed E-state index contributed by atoms with van der Waals surface area (Å²) in [6.07, 6.45) is 3.51. The quantitative estimate of drug-likeness (QED) is 0.614. The van der Waals surface area contributed by atoms with Crippen molar-refractivity contribution in [1.82, 2.24) is 4.90 Å². The van der Waals surface area contributed by atoms with Gasteiger partial charge in [0.2, 0.25) is 0 Å². The van der Waals surface area contributed by atoms with Gasteiger partial charge in [-0.25, -0.2) is 0 Å². The predicted octanol–water partition coefficient (Wildman–Crippen LogP) is 2.00. The minimum absolute atomic E-state index is 0.00829. The first kappa shape index (κ1) is 15.7. The van der Waals surface area contributed by atoms with Crippen molar-refractivity contribution in [2.75, 3.05) is 33.9 Å². The highest BCUT2D eigenvalue weighted by molar-refractivity contribution is 6.00. The highest BCUT2D eigenvalue weighted by Gasteiger charge is 2.33. The van der Waals surface area contributed by atoms with Crippen molar-refractivity contribution in [2.24, 2.45) is 5.92 Å². The molecule has 1 aliphatic carbocycles. The summed E-state index contributed by atoms with van der Waals surface area (Å²) in [4.78, 5) is 25.7. The number of likely N-dealkylation sites (tertiary alicyclic amines) is 1. The van der Waals surface area contributed by atoms with E-state index in [9.17, 15) is 9.59 Å². The van der Waals surface area contributed by atoms with E-state index in [1.165, 1.54) is 23.8 Å². The van der Waals surface area contributed by atoms with Gasteiger partial charge in [-0.2, -0.15) is 0 Å². The van der Waals surface area contributed by atoms with E-state index in [0.717, 1.165) is 18.7 Å². The SMILES string of the molecule is COC(=O)C1CN(CCC2=Cc3ccc(OC)cc32)CCC1=O. The fraction of sp³-hybridized carbons (Fsp3) is 0.444. The molecule has 0 saturated carbocycles. The van der Waals surface area contributed by atoms with Crippen LogP contribution in [0.2, 0.25) is 0 Å². The minimum atomic E-state index is -0.628. The van der Waals surface area contributed by atoms with E-state index in [4.69, 9.17) is 9.47 Å². The standard InChI is InChI=1S/C18H21NO4/c1-22-14-4-3-12-9-13(15(12)10-14)5-7-19-8-6-17(20)16(11-19)18(21)23-2/h3-4,9-10,16H,5-8,11H2,1-2H3. The number of Topliss-reactive ketones (excluding diaryl/α,β-unsaturated/α-hetero) is 1. The van der Waals surface area contributed by atoms with Crippen LogP contribution < -0.4 is 4.74 Å². The second-order valence-corrected chi connectivity index (χ2v) is 5.97. The molecule has 2 aliphatic rings. The van der Waals surface area contributed by atoms with Gasteiger partial charge in [0.05, 0.1) is 14.2 Å². The number of ketones is 1. The average Bonchev–Trinajstić information content (AvgIpc) is 2.56. The van der Waals surface area contributed by atoms with Crippen LogP contribution in [-0.2, 0) is 14.3 Å². The molecule has 1 aliphatic heterocycles. The van der Waals surface area contributed by atoms with Crippen molar-refractivity contribution in [3.63, 3.8) is 0 Å². The van der Waals surface area contributed by atoms with E-state index in [2.05, 4.69) is 23.1 Å². The van der Waals surface area contributed by atoms with Crippen LogP contribution >= 0.6 is 0 Å². The van der Waals surface area contributed by atoms with Gasteiger partial charge in [0.1, 0.15) is 17.5 Å². The second-order valence-electron chi connectivity index (χ2n) is 5.97. The lowest BCUT2D eigenvalue weighted by molar-refractivity contribution is -0.151. The van der Waals surface area contributed by atoms with Crippen LogP contribution in [0.1, 0.15) is 24.0 Å². The van der Waals surface area contributed by atoms with Crippen molar-refractivity contribution < 1.29 is 19.1 Å². The summed E-state index contributed by atoms with van der Waals surface area (Å²) in [5.41, 5.74) is 3.77. The molecule has 3 rings (SSSR count). The number of carbonyl (C=O) groups excluding carboxylic acids is 2. The second kappa shape index (κ2) is 6.54. The number of rotatable bonds is 5. The zero-order valence-electron chi connectivity index (χ0n) is 13.5. The summed E-state index contributed by atoms with van der Waals surface area (Å²) in [5, 5.41) is 0. The van der Waals surface area contributed by atoms with Crippen LogP contribution in [0.5, 0.6) is 5.75 Å². The molecule has 1 unspecified atom stereocenters. The van der Waals surface area contributed by atoms with E-state index >= 15 is 0 Å². The third-order valence-electron chi connectivity index (χ3n) is 4.62. The first-order valence-corrected chi connectivity index (χ1v) is 7.84. The third kappa shape index (κ3) is 3.15. The molecule has 0 spiro atoms. The zero-order chi connectivity index (χ0) is 16.4. The molecule has 0 aromatic heterocycles. The molecule has 1 heterocycles. The van der Waals surface area contributed by atoms with Crippen molar-refractivity contribution in [3.8, 4) is 5.75 Å². The van der Waals surface area contributed by atoms with E-state index in [-0.39, 0.29) is 5.78 Å². The Morgan fingerprint density at radius 3 is 2.91 bits per heavy atom. The first-order valence-electron chi connectivity index (χ1n) is 7.84. The van der Waals surface area contributed by atoms with Crippen LogP contribution in [0.25, 0.3) is 11.6 Å². The molecule has 5 heteroatoms. The number of carbonyl (C=O) groups is 2. The Hall–Kier alpha value is -2.14. The molecule has 23 heavy (non-hydrogen) atoms. The lowest BCUT2D eigenvalue weighted by Gasteiger charge is -2.31. The molecular weight excluding hydrogens is 294 g/mol. The summed E-state index contributed by atoms with van der Waals surface area (Å²) < 4.78 is 9.99. The van der Waals surface area contributed by atoms with Crippen LogP contribution in [0.4, 0.5) is 0 Å². The number of nitrogens with zero attached hydrogens (tertiary/aromatic N) is 1. The molecule has 122 valence electrons. The number of ether oxygens (including phenoxy) is 2. The molecular formula is C18H21NO4. The van der Waals surface area contributed by atoms with Gasteiger partial charge in [-0.1, -0.05) is 12.1 Å². The molecule has 1 fully saturated rings. The van der Waals surface area contributed by atoms with Crippen molar-refractivity contribution in [3.05, 3.63) is 29.3 Å². The number of piperidine rings is 1. The summed E-state index contributed by atoms with van der Waals surface area (Å²) in [6, 6.07) is 6.08. The molecule has 0 N–H and O–H groups in total. The fourth-order valence-electron chi connectivity index (χ4n) is 3.18. The number of benzene rings is 1. The number of fused-ring (bicyclic) bond motifs is 1. The monoisotopic (exact) mass is 315 g/mol. The molecule has 0 radical (unpaired) electrons. The van der Waals surface area contributed by atoms with Gasteiger partial charge in [0, 0.05) is 26.1 Å². The summed E-state index contributed by atoms with van der Waals surface area (Å²) in [7, 11) is 3.00. The Labute approximate surface area is 135 Å². The largest absolute Gasteiger partial charge is 0.497 e. The highest BCUT2D eigenvalue weighted by Crippen LogP contribution is 2.37. The van der Waals surface area contributed by atoms with Crippen molar-refractivity contribution in [2.45, 2.75) is 12.8 Å². The topological polar surface area (TPSA) is 55.8 Å². The molecule has 1 atom stereocenters. The highest BCUT2D eigenvalue weighted by atomic mass is 16.5. The van der Waals surface area contributed by atoms with E-state index in [1.54, 1.807) is 7.11 Å². The zero-order valence-corrected chi connectivity index (χ0v) is 13.5. The minimum Gasteiger partial charge on any atom is -0.497 e. The number of methoxy groups -OCH3 is 2. The van der Waals surface area contributed by atoms with Gasteiger partial charge in [-0.05, 0) is 35.3 Å². The Morgan fingerprint density at radius 2 is 2.17 bits per heavy atom. The van der Waals surface area contributed by atoms with Gasteiger partial charge >= 0.3 is 5.97 Å². The molecule has 5 nitrogen and oxygen atoms in total. The van der Waals surface area contributed by atoms with Crippen LogP contribution in [0, 0.1) is 5.92 Å². The molecule has 1 aromatic rings. The third-order valence-corrected chi connectivity index (χ3v) is 4.62. The normalized spacial score (nSPS) is 20.3. The van der Waals surface area contributed by atoms with Gasteiger partial charge < -0.3 is 14.4 Å². The average molecular weight is 315 g/mol. The van der Waals surface area contributed by atoms with Crippen molar-refractivity contribution >= 4 is 23.4 Å². The maximum atomic E-state index is 11.8. The van der Waals surface area contributed by atoms with Gasteiger partial charge in [0.25, 0.3) is 0 Å². The number of hydrogen-bond donors (Lipinski definition) is 0. The lowest BCUT2D eigenvalue weighted by atomic mass is 9.86. The lowest BCUT2D eigenvalue weighted by Crippen LogP contribution is -2.45. The molecule has 1 aromatic carbocycles. The number of hydrogen-bond acceptors (Lipinski definition) is 5. The van der Waals surface area contributed by atoms with Crippen LogP contribution in [0.15, 0.2) is 18.2 Å². The Balaban J connectivity index is 1.57. The van der Waals surface area contributed by atoms with E-state index < -0.39 is 11.9 Å². The smallest absolute Gasteiger partial charge is 0.317 e. The van der Waals surface area contributed by atoms with E-state index in [1.807, 2.05) is 6.07 Å². The maximum absolute atomic E-state index is 11.8. The van der Waals surface area contributed by atoms with Crippen LogP contribution in [0.3, 0.4) is 0 Å². The molecule has 0 amide bonds. The fourth-order valence-corrected chi connectivity index (χ4v) is 3.18. The Bertz CT molecular complexity index is 657. The van der Waals surface area contributed by atoms with Crippen molar-refractivity contribution in [1.29, 1.82) is 0 Å². The van der Waals surface area contributed by atoms with Crippen LogP contribution in [-0.4, -0.2) is 50.5 Å². The van der Waals surface area contributed by atoms with E-state index in [0.29, 0.717) is 19.5 Å². The van der Waals surface area contributed by atoms with Gasteiger partial charge in [-0.15, -0.1) is 0 Å². The predicted molar refractivity (Wildman–Crippen MR) is 87.1 cm³/mol. The Kier molecular flexibility index (Phi) is 4.48. The summed E-state index contributed by atoms with van der Waals surface area (Å²) >= 11 is 0. The van der Waals surface area contributed by atoms with Gasteiger partial charge in [-0.3, -0.25) is 9.59 Å². The molecule has 1 saturated heterocycles. The first-order chi connectivity index (χ1) is 11.1. The number of esters is 1. The van der Waals surface area contributed by atoms with Gasteiger partial charge in [0.15, 0.2) is 0 Å². The summed E-state index contributed by atoms with van der Waals surface area (Å²) in [5.74, 6) is -0.191. The summed E-state index contributed by atoms with van der Waals surface area (Å²) in [6.45, 7) is 2.01. The Morgan fingerprint density at radius 1 is 1.35 bits per heavy atom.